The fourth-order valence-corrected chi connectivity index (χ4v) is 8.05. The van der Waals surface area contributed by atoms with Crippen molar-refractivity contribution in [3.8, 4) is 10.8 Å². The monoisotopic (exact) mass is 770 g/mol. The molecule has 0 saturated carbocycles. The van der Waals surface area contributed by atoms with Crippen LogP contribution in [0.5, 0.6) is 5.75 Å². The number of aromatic nitrogens is 3. The molecule has 54 heavy (non-hydrogen) atoms. The summed E-state index contributed by atoms with van der Waals surface area (Å²) in [4.78, 5) is 83.3. The minimum atomic E-state index is -1.09. The molecule has 0 aliphatic carbocycles. The Balaban J connectivity index is 0.938. The third-order valence-corrected chi connectivity index (χ3v) is 11.0. The van der Waals surface area contributed by atoms with Crippen molar-refractivity contribution in [2.24, 2.45) is 4.99 Å². The highest BCUT2D eigenvalue weighted by Gasteiger charge is 2.46. The second kappa shape index (κ2) is 14.9. The number of hydrogen-bond acceptors (Lipinski definition) is 11. The molecule has 2 aromatic heterocycles. The molecule has 3 aliphatic rings. The molecule has 3 N–H and O–H groups in total. The zero-order chi connectivity index (χ0) is 38.3. The highest BCUT2D eigenvalue weighted by Crippen LogP contribution is 2.40. The van der Waals surface area contributed by atoms with Crippen LogP contribution < -0.4 is 20.7 Å². The predicted octanol–water partition coefficient (Wildman–Crippen LogP) is 3.29. The Kier molecular flexibility index (Phi) is 10.1. The van der Waals surface area contributed by atoms with Gasteiger partial charge in [-0.05, 0) is 63.4 Å². The Bertz CT molecular complexity index is 2260. The van der Waals surface area contributed by atoms with Gasteiger partial charge in [-0.2, -0.15) is 0 Å². The van der Waals surface area contributed by atoms with E-state index >= 15 is 0 Å². The van der Waals surface area contributed by atoms with Gasteiger partial charge < -0.3 is 15.4 Å². The Hall–Kier alpha value is -5.74. The molecule has 1 fully saturated rings. The Morgan fingerprint density at radius 2 is 1.76 bits per heavy atom. The third kappa shape index (κ3) is 6.89. The van der Waals surface area contributed by atoms with Crippen molar-refractivity contribution in [3.05, 3.63) is 91.8 Å². The summed E-state index contributed by atoms with van der Waals surface area (Å²) in [5, 5.41) is 17.8. The first kappa shape index (κ1) is 36.6. The average Bonchev–Trinajstić information content (AvgIpc) is 3.72. The van der Waals surface area contributed by atoms with E-state index in [2.05, 4.69) is 33.1 Å². The molecule has 15 nitrogen and oxygen atoms in total. The predicted molar refractivity (Wildman–Crippen MR) is 197 cm³/mol. The lowest BCUT2D eigenvalue weighted by Crippen LogP contribution is -2.54. The van der Waals surface area contributed by atoms with Crippen LogP contribution >= 0.6 is 22.9 Å². The standard InChI is InChI=1S/C37H35ClN8O7S/c1-18-19(2)54-37-30(18)32(21-8-10-22(38)11-9-21)41-24(33-44-43-20(3)45(33)37)16-28(48)40-17-29(49)39-14-5-15-53-26-7-4-6-23-31(26)36(52)46(35(23)51)25-12-13-27(47)42-34(25)50/h4,6-11,24-25H,5,12-17H2,1-3H3,(H,39,49)(H,40,48)(H,42,47,50)/t24-,25?/m0/s1. The summed E-state index contributed by atoms with van der Waals surface area (Å²) in [6, 6.07) is 10.2. The number of fused-ring (bicyclic) bond motifs is 4. The van der Waals surface area contributed by atoms with Gasteiger partial charge in [0.1, 0.15) is 28.7 Å². The molecule has 278 valence electrons. The van der Waals surface area contributed by atoms with E-state index in [4.69, 9.17) is 21.3 Å². The zero-order valence-corrected chi connectivity index (χ0v) is 31.1. The van der Waals surface area contributed by atoms with Crippen LogP contribution in [-0.4, -0.2) is 86.6 Å². The van der Waals surface area contributed by atoms with E-state index in [0.717, 1.165) is 31.5 Å². The molecule has 1 saturated heterocycles. The van der Waals surface area contributed by atoms with Gasteiger partial charge in [0.2, 0.25) is 23.6 Å². The van der Waals surface area contributed by atoms with Crippen LogP contribution in [0.2, 0.25) is 5.02 Å². The lowest BCUT2D eigenvalue weighted by Gasteiger charge is -2.27. The van der Waals surface area contributed by atoms with Gasteiger partial charge in [-0.15, -0.1) is 21.5 Å². The fraction of sp³-hybridized carbons (Fsp3) is 0.324. The molecule has 0 spiro atoms. The highest BCUT2D eigenvalue weighted by atomic mass is 35.5. The number of hydrogen-bond donors (Lipinski definition) is 3. The minimum Gasteiger partial charge on any atom is -0.493 e. The number of imide groups is 2. The van der Waals surface area contributed by atoms with Crippen molar-refractivity contribution < 1.29 is 33.5 Å². The van der Waals surface area contributed by atoms with Gasteiger partial charge >= 0.3 is 0 Å². The van der Waals surface area contributed by atoms with E-state index in [1.54, 1.807) is 35.6 Å². The molecule has 4 aromatic rings. The van der Waals surface area contributed by atoms with Crippen molar-refractivity contribution in [1.29, 1.82) is 0 Å². The summed E-state index contributed by atoms with van der Waals surface area (Å²) in [5.74, 6) is -1.90. The largest absolute Gasteiger partial charge is 0.493 e. The number of aryl methyl sites for hydroxylation is 2. The molecule has 3 aliphatic heterocycles. The number of aliphatic imine (C=N–C) groups is 1. The maximum Gasteiger partial charge on any atom is 0.266 e. The lowest BCUT2D eigenvalue weighted by molar-refractivity contribution is -0.136. The van der Waals surface area contributed by atoms with E-state index in [1.165, 1.54) is 6.07 Å². The third-order valence-electron chi connectivity index (χ3n) is 9.51. The van der Waals surface area contributed by atoms with Crippen LogP contribution in [0.4, 0.5) is 0 Å². The van der Waals surface area contributed by atoms with Gasteiger partial charge in [-0.3, -0.25) is 48.5 Å². The van der Waals surface area contributed by atoms with E-state index in [9.17, 15) is 28.8 Å². The normalized spacial score (nSPS) is 17.6. The van der Waals surface area contributed by atoms with Gasteiger partial charge in [-0.25, -0.2) is 0 Å². The number of nitrogens with zero attached hydrogens (tertiary/aromatic N) is 5. The SMILES string of the molecule is Cc1sc2c(c1C)C(c1ccc(Cl)cc1)=N[C@@H](CC(=O)NCC(=O)NCCCOc1cccc3c1C(=O)N(C1CCC(=O)NC1=O)C3=O)c1nnc(C)n1-2. The first-order chi connectivity index (χ1) is 25.9. The number of amides is 6. The van der Waals surface area contributed by atoms with E-state index in [1.807, 2.05) is 30.5 Å². The van der Waals surface area contributed by atoms with Crippen molar-refractivity contribution in [2.45, 2.75) is 58.5 Å². The summed E-state index contributed by atoms with van der Waals surface area (Å²) in [6.07, 6.45) is 0.339. The number of ether oxygens (including phenoxy) is 1. The number of halogens is 1. The van der Waals surface area contributed by atoms with Crippen molar-refractivity contribution >= 4 is 64.1 Å². The lowest BCUT2D eigenvalue weighted by atomic mass is 9.99. The van der Waals surface area contributed by atoms with E-state index < -0.39 is 47.5 Å². The first-order valence-corrected chi connectivity index (χ1v) is 18.5. The Labute approximate surface area is 318 Å². The molecule has 1 unspecified atom stereocenters. The highest BCUT2D eigenvalue weighted by molar-refractivity contribution is 7.15. The summed E-state index contributed by atoms with van der Waals surface area (Å²) in [6.45, 7) is 5.99. The summed E-state index contributed by atoms with van der Waals surface area (Å²) in [5.41, 5.74) is 3.74. The van der Waals surface area contributed by atoms with Crippen molar-refractivity contribution in [1.82, 2.24) is 35.6 Å². The number of benzene rings is 2. The molecule has 7 rings (SSSR count). The number of nitrogens with one attached hydrogen (secondary N) is 3. The molecule has 0 bridgehead atoms. The Morgan fingerprint density at radius 1 is 0.981 bits per heavy atom. The van der Waals surface area contributed by atoms with Gasteiger partial charge in [0.05, 0.1) is 36.4 Å². The Morgan fingerprint density at radius 3 is 2.52 bits per heavy atom. The molecule has 5 heterocycles. The first-order valence-electron chi connectivity index (χ1n) is 17.3. The second-order valence-corrected chi connectivity index (χ2v) is 14.7. The van der Waals surface area contributed by atoms with Gasteiger partial charge in [-0.1, -0.05) is 29.8 Å². The van der Waals surface area contributed by atoms with Crippen LogP contribution in [0.25, 0.3) is 5.00 Å². The number of rotatable bonds is 11. The van der Waals surface area contributed by atoms with Crippen LogP contribution in [0.1, 0.15) is 85.7 Å². The van der Waals surface area contributed by atoms with Crippen molar-refractivity contribution in [3.63, 3.8) is 0 Å². The molecular formula is C37H35ClN8O7S. The van der Waals surface area contributed by atoms with E-state index in [0.29, 0.717) is 28.8 Å². The molecular weight excluding hydrogens is 736 g/mol. The van der Waals surface area contributed by atoms with Crippen LogP contribution in [-0.2, 0) is 19.2 Å². The van der Waals surface area contributed by atoms with Crippen LogP contribution in [0.3, 0.4) is 0 Å². The summed E-state index contributed by atoms with van der Waals surface area (Å²) < 4.78 is 7.77. The second-order valence-electron chi connectivity index (χ2n) is 13.1. The molecule has 6 amide bonds. The number of carbonyl (C=O) groups excluding carboxylic acids is 6. The summed E-state index contributed by atoms with van der Waals surface area (Å²) >= 11 is 7.80. The zero-order valence-electron chi connectivity index (χ0n) is 29.5. The summed E-state index contributed by atoms with van der Waals surface area (Å²) in [7, 11) is 0. The van der Waals surface area contributed by atoms with Crippen LogP contribution in [0, 0.1) is 20.8 Å². The maximum absolute atomic E-state index is 13.3. The topological polar surface area (TPSA) is 194 Å². The van der Waals surface area contributed by atoms with Crippen LogP contribution in [0.15, 0.2) is 47.5 Å². The number of carbonyl (C=O) groups is 6. The number of thiophene rings is 1. The maximum atomic E-state index is 13.3. The minimum absolute atomic E-state index is 0.0172. The van der Waals surface area contributed by atoms with Gasteiger partial charge in [0.25, 0.3) is 11.8 Å². The quantitative estimate of drug-likeness (QED) is 0.152. The average molecular weight is 771 g/mol. The van der Waals surface area contributed by atoms with E-state index in [-0.39, 0.29) is 55.8 Å². The fourth-order valence-electron chi connectivity index (χ4n) is 6.71. The molecule has 2 atom stereocenters. The smallest absolute Gasteiger partial charge is 0.266 e. The van der Waals surface area contributed by atoms with Gasteiger partial charge in [0.15, 0.2) is 5.82 Å². The number of piperidine rings is 1. The molecule has 2 aromatic carbocycles. The van der Waals surface area contributed by atoms with Crippen molar-refractivity contribution in [2.75, 3.05) is 19.7 Å². The van der Waals surface area contributed by atoms with Gasteiger partial charge in [0, 0.05) is 34.0 Å². The molecule has 0 radical (unpaired) electrons. The molecule has 17 heteroatoms.